The van der Waals surface area contributed by atoms with E-state index in [1.165, 1.54) is 0 Å². The zero-order chi connectivity index (χ0) is 13.8. The van der Waals surface area contributed by atoms with Crippen molar-refractivity contribution in [2.24, 2.45) is 0 Å². The summed E-state index contributed by atoms with van der Waals surface area (Å²) in [5.41, 5.74) is 1.35. The Hall–Kier alpha value is -1.55. The fraction of sp³-hybridized carbons (Fsp3) is 0.500. The SMILES string of the molecule is COCc1cccc(OC)c1C(C)(C)CC(=O)O. The van der Waals surface area contributed by atoms with Crippen LogP contribution < -0.4 is 4.74 Å². The smallest absolute Gasteiger partial charge is 0.304 e. The fourth-order valence-electron chi connectivity index (χ4n) is 2.26. The minimum Gasteiger partial charge on any atom is -0.496 e. The normalized spacial score (nSPS) is 11.3. The zero-order valence-corrected chi connectivity index (χ0v) is 11.3. The summed E-state index contributed by atoms with van der Waals surface area (Å²) in [6.07, 6.45) is 0.0457. The zero-order valence-electron chi connectivity index (χ0n) is 11.3. The van der Waals surface area contributed by atoms with Gasteiger partial charge < -0.3 is 14.6 Å². The van der Waals surface area contributed by atoms with Crippen molar-refractivity contribution >= 4 is 5.97 Å². The van der Waals surface area contributed by atoms with E-state index >= 15 is 0 Å². The molecular weight excluding hydrogens is 232 g/mol. The molecule has 0 amide bonds. The van der Waals surface area contributed by atoms with Gasteiger partial charge in [-0.05, 0) is 11.6 Å². The first-order chi connectivity index (χ1) is 8.42. The molecule has 18 heavy (non-hydrogen) atoms. The Morgan fingerprint density at radius 1 is 1.33 bits per heavy atom. The first-order valence-electron chi connectivity index (χ1n) is 5.79. The lowest BCUT2D eigenvalue weighted by Gasteiger charge is -2.28. The number of methoxy groups -OCH3 is 2. The fourth-order valence-corrected chi connectivity index (χ4v) is 2.26. The molecule has 100 valence electrons. The molecule has 4 nitrogen and oxygen atoms in total. The third-order valence-corrected chi connectivity index (χ3v) is 2.90. The highest BCUT2D eigenvalue weighted by Gasteiger charge is 2.29. The first kappa shape index (κ1) is 14.5. The van der Waals surface area contributed by atoms with Gasteiger partial charge in [0.25, 0.3) is 0 Å². The second-order valence-electron chi connectivity index (χ2n) is 4.88. The molecule has 0 radical (unpaired) electrons. The van der Waals surface area contributed by atoms with Gasteiger partial charge in [0.05, 0.1) is 20.1 Å². The Labute approximate surface area is 108 Å². The second-order valence-corrected chi connectivity index (χ2v) is 4.88. The van der Waals surface area contributed by atoms with Gasteiger partial charge >= 0.3 is 5.97 Å². The third-order valence-electron chi connectivity index (χ3n) is 2.90. The van der Waals surface area contributed by atoms with Crippen LogP contribution in [0.2, 0.25) is 0 Å². The average Bonchev–Trinajstić information content (AvgIpc) is 2.27. The highest BCUT2D eigenvalue weighted by atomic mass is 16.5. The number of hydrogen-bond acceptors (Lipinski definition) is 3. The number of ether oxygens (including phenoxy) is 2. The van der Waals surface area contributed by atoms with E-state index in [1.54, 1.807) is 14.2 Å². The Balaban J connectivity index is 3.29. The van der Waals surface area contributed by atoms with Crippen molar-refractivity contribution in [2.45, 2.75) is 32.3 Å². The maximum atomic E-state index is 11.0. The molecule has 0 heterocycles. The Morgan fingerprint density at radius 2 is 2.00 bits per heavy atom. The number of hydrogen-bond donors (Lipinski definition) is 1. The van der Waals surface area contributed by atoms with E-state index in [-0.39, 0.29) is 6.42 Å². The minimum atomic E-state index is -0.825. The predicted octanol–water partition coefficient (Wildman–Crippen LogP) is 2.59. The molecule has 0 aromatic heterocycles. The largest absolute Gasteiger partial charge is 0.496 e. The van der Waals surface area contributed by atoms with E-state index in [9.17, 15) is 4.79 Å². The van der Waals surface area contributed by atoms with Crippen LogP contribution in [0.4, 0.5) is 0 Å². The highest BCUT2D eigenvalue weighted by Crippen LogP contribution is 2.37. The molecule has 0 saturated heterocycles. The van der Waals surface area contributed by atoms with Crippen LogP contribution in [0.25, 0.3) is 0 Å². The average molecular weight is 252 g/mol. The number of carbonyl (C=O) groups is 1. The van der Waals surface area contributed by atoms with Crippen LogP contribution in [0.1, 0.15) is 31.4 Å². The van der Waals surface area contributed by atoms with E-state index in [2.05, 4.69) is 0 Å². The highest BCUT2D eigenvalue weighted by molar-refractivity contribution is 5.69. The summed E-state index contributed by atoms with van der Waals surface area (Å²) in [6.45, 7) is 4.24. The number of rotatable bonds is 6. The molecule has 0 aliphatic carbocycles. The number of carboxylic acids is 1. The summed E-state index contributed by atoms with van der Waals surface area (Å²) >= 11 is 0. The molecule has 0 aliphatic rings. The van der Waals surface area contributed by atoms with Crippen LogP contribution in [0, 0.1) is 0 Å². The quantitative estimate of drug-likeness (QED) is 0.845. The number of benzene rings is 1. The Bertz CT molecular complexity index is 424. The summed E-state index contributed by atoms with van der Waals surface area (Å²) in [5.74, 6) is -0.120. The second kappa shape index (κ2) is 5.87. The molecule has 0 spiro atoms. The van der Waals surface area contributed by atoms with E-state index in [1.807, 2.05) is 32.0 Å². The molecule has 0 unspecified atom stereocenters. The molecule has 1 aromatic carbocycles. The Morgan fingerprint density at radius 3 is 2.50 bits per heavy atom. The Kier molecular flexibility index (Phi) is 4.73. The molecule has 4 heteroatoms. The molecule has 0 aliphatic heterocycles. The summed E-state index contributed by atoms with van der Waals surface area (Å²) in [5, 5.41) is 9.02. The van der Waals surface area contributed by atoms with Gasteiger partial charge in [-0.1, -0.05) is 26.0 Å². The van der Waals surface area contributed by atoms with Crippen molar-refractivity contribution in [3.8, 4) is 5.75 Å². The molecule has 0 fully saturated rings. The molecule has 1 rings (SSSR count). The van der Waals surface area contributed by atoms with Crippen LogP contribution >= 0.6 is 0 Å². The van der Waals surface area contributed by atoms with Crippen LogP contribution in [0.15, 0.2) is 18.2 Å². The van der Waals surface area contributed by atoms with Crippen molar-refractivity contribution in [3.05, 3.63) is 29.3 Å². The van der Waals surface area contributed by atoms with E-state index < -0.39 is 11.4 Å². The summed E-state index contributed by atoms with van der Waals surface area (Å²) in [7, 11) is 3.21. The number of carboxylic acid groups (broad SMARTS) is 1. The van der Waals surface area contributed by atoms with Crippen molar-refractivity contribution in [1.29, 1.82) is 0 Å². The van der Waals surface area contributed by atoms with Crippen molar-refractivity contribution in [1.82, 2.24) is 0 Å². The van der Waals surface area contributed by atoms with Gasteiger partial charge in [0.1, 0.15) is 5.75 Å². The standard InChI is InChI=1S/C14H20O4/c1-14(2,8-12(15)16)13-10(9-17-3)6-5-7-11(13)18-4/h5-7H,8-9H2,1-4H3,(H,15,16). The predicted molar refractivity (Wildman–Crippen MR) is 69.0 cm³/mol. The van der Waals surface area contributed by atoms with Gasteiger partial charge in [-0.25, -0.2) is 0 Å². The lowest BCUT2D eigenvalue weighted by Crippen LogP contribution is -2.24. The van der Waals surface area contributed by atoms with Crippen LogP contribution in [0.5, 0.6) is 5.75 Å². The van der Waals surface area contributed by atoms with E-state index in [0.717, 1.165) is 11.1 Å². The summed E-state index contributed by atoms with van der Waals surface area (Å²) in [6, 6.07) is 5.66. The maximum Gasteiger partial charge on any atom is 0.304 e. The van der Waals surface area contributed by atoms with Gasteiger partial charge in [0, 0.05) is 18.1 Å². The maximum absolute atomic E-state index is 11.0. The van der Waals surface area contributed by atoms with Gasteiger partial charge in [-0.3, -0.25) is 4.79 Å². The monoisotopic (exact) mass is 252 g/mol. The molecule has 0 saturated carbocycles. The van der Waals surface area contributed by atoms with Crippen LogP contribution in [-0.2, 0) is 21.6 Å². The van der Waals surface area contributed by atoms with Gasteiger partial charge in [-0.15, -0.1) is 0 Å². The van der Waals surface area contributed by atoms with Crippen LogP contribution in [0.3, 0.4) is 0 Å². The first-order valence-corrected chi connectivity index (χ1v) is 5.79. The molecule has 1 N–H and O–H groups in total. The molecule has 0 atom stereocenters. The van der Waals surface area contributed by atoms with Crippen molar-refractivity contribution in [2.75, 3.05) is 14.2 Å². The van der Waals surface area contributed by atoms with Crippen molar-refractivity contribution < 1.29 is 19.4 Å². The van der Waals surface area contributed by atoms with Crippen molar-refractivity contribution in [3.63, 3.8) is 0 Å². The van der Waals surface area contributed by atoms with Gasteiger partial charge in [0.2, 0.25) is 0 Å². The van der Waals surface area contributed by atoms with E-state index in [4.69, 9.17) is 14.6 Å². The lowest BCUT2D eigenvalue weighted by atomic mass is 9.78. The minimum absolute atomic E-state index is 0.0457. The topological polar surface area (TPSA) is 55.8 Å². The molecule has 1 aromatic rings. The lowest BCUT2D eigenvalue weighted by molar-refractivity contribution is -0.138. The number of aliphatic carboxylic acids is 1. The summed E-state index contributed by atoms with van der Waals surface area (Å²) < 4.78 is 10.5. The third kappa shape index (κ3) is 3.23. The molecular formula is C14H20O4. The van der Waals surface area contributed by atoms with E-state index in [0.29, 0.717) is 12.4 Å². The van der Waals surface area contributed by atoms with Crippen LogP contribution in [-0.4, -0.2) is 25.3 Å². The summed E-state index contributed by atoms with van der Waals surface area (Å²) in [4.78, 5) is 11.0. The van der Waals surface area contributed by atoms with Gasteiger partial charge in [-0.2, -0.15) is 0 Å². The molecule has 0 bridgehead atoms. The van der Waals surface area contributed by atoms with Gasteiger partial charge in [0.15, 0.2) is 0 Å².